The van der Waals surface area contributed by atoms with Gasteiger partial charge in [0, 0.05) is 0 Å². The van der Waals surface area contributed by atoms with Crippen molar-refractivity contribution in [3.63, 3.8) is 0 Å². The third-order valence-corrected chi connectivity index (χ3v) is 1.67. The summed E-state index contributed by atoms with van der Waals surface area (Å²) in [5, 5.41) is 0. The number of hydrogen-bond acceptors (Lipinski definition) is 3. The van der Waals surface area contributed by atoms with Crippen LogP contribution in [0.2, 0.25) is 0 Å². The molecule has 1 heterocycles. The Morgan fingerprint density at radius 3 is 3.00 bits per heavy atom. The first-order valence-corrected chi connectivity index (χ1v) is 4.38. The second-order valence-corrected chi connectivity index (χ2v) is 2.77. The zero-order valence-corrected chi connectivity index (χ0v) is 7.49. The molecule has 0 bridgehead atoms. The first kappa shape index (κ1) is 9.55. The standard InChI is InChI=1S/C9H16O3/c1-3-5-6-11-9(10-4-2)8-7-12-8/h4,8-9H,2-3,5-7H2,1H3. The zero-order chi connectivity index (χ0) is 8.81. The maximum absolute atomic E-state index is 5.43. The average molecular weight is 172 g/mol. The normalized spacial score (nSPS) is 23.2. The van der Waals surface area contributed by atoms with Gasteiger partial charge in [0.05, 0.1) is 19.5 Å². The molecule has 0 aromatic carbocycles. The zero-order valence-electron chi connectivity index (χ0n) is 7.49. The van der Waals surface area contributed by atoms with E-state index in [2.05, 4.69) is 13.5 Å². The van der Waals surface area contributed by atoms with Gasteiger partial charge >= 0.3 is 0 Å². The summed E-state index contributed by atoms with van der Waals surface area (Å²) in [5.41, 5.74) is 0. The summed E-state index contributed by atoms with van der Waals surface area (Å²) >= 11 is 0. The monoisotopic (exact) mass is 172 g/mol. The molecule has 0 aliphatic carbocycles. The van der Waals surface area contributed by atoms with Crippen LogP contribution in [0.25, 0.3) is 0 Å². The van der Waals surface area contributed by atoms with E-state index in [9.17, 15) is 0 Å². The Morgan fingerprint density at radius 1 is 1.75 bits per heavy atom. The Kier molecular flexibility index (Phi) is 4.11. The van der Waals surface area contributed by atoms with E-state index in [1.54, 1.807) is 0 Å². The molecule has 3 nitrogen and oxygen atoms in total. The number of epoxide rings is 1. The number of hydrogen-bond donors (Lipinski definition) is 0. The van der Waals surface area contributed by atoms with Crippen LogP contribution in [0.15, 0.2) is 12.8 Å². The summed E-state index contributed by atoms with van der Waals surface area (Å²) in [6.07, 6.45) is 3.47. The molecular formula is C9H16O3. The van der Waals surface area contributed by atoms with Gasteiger partial charge in [0.15, 0.2) is 0 Å². The third-order valence-electron chi connectivity index (χ3n) is 1.67. The molecule has 0 N–H and O–H groups in total. The molecule has 2 atom stereocenters. The fraction of sp³-hybridized carbons (Fsp3) is 0.778. The number of unbranched alkanes of at least 4 members (excludes halogenated alkanes) is 1. The van der Waals surface area contributed by atoms with Gasteiger partial charge in [-0.25, -0.2) is 0 Å². The number of rotatable bonds is 7. The highest BCUT2D eigenvalue weighted by Crippen LogP contribution is 2.18. The van der Waals surface area contributed by atoms with Crippen LogP contribution < -0.4 is 0 Å². The fourth-order valence-corrected chi connectivity index (χ4v) is 0.886. The molecule has 1 aliphatic heterocycles. The second kappa shape index (κ2) is 5.17. The largest absolute Gasteiger partial charge is 0.470 e. The van der Waals surface area contributed by atoms with Crippen molar-refractivity contribution >= 4 is 0 Å². The molecular weight excluding hydrogens is 156 g/mol. The molecule has 3 heteroatoms. The lowest BCUT2D eigenvalue weighted by Crippen LogP contribution is -2.21. The van der Waals surface area contributed by atoms with Crippen molar-refractivity contribution in [1.82, 2.24) is 0 Å². The summed E-state index contributed by atoms with van der Waals surface area (Å²) < 4.78 is 15.6. The van der Waals surface area contributed by atoms with Crippen molar-refractivity contribution in [3.8, 4) is 0 Å². The van der Waals surface area contributed by atoms with Gasteiger partial charge < -0.3 is 14.2 Å². The van der Waals surface area contributed by atoms with Gasteiger partial charge in [0.2, 0.25) is 6.29 Å². The summed E-state index contributed by atoms with van der Waals surface area (Å²) in [7, 11) is 0. The lowest BCUT2D eigenvalue weighted by atomic mass is 10.3. The summed E-state index contributed by atoms with van der Waals surface area (Å²) in [6, 6.07) is 0. The highest BCUT2D eigenvalue weighted by atomic mass is 16.7. The predicted molar refractivity (Wildman–Crippen MR) is 45.7 cm³/mol. The minimum atomic E-state index is -0.242. The van der Waals surface area contributed by atoms with E-state index in [1.165, 1.54) is 6.26 Å². The molecule has 2 unspecified atom stereocenters. The Morgan fingerprint density at radius 2 is 2.50 bits per heavy atom. The summed E-state index contributed by atoms with van der Waals surface area (Å²) in [6.45, 7) is 7.08. The SMILES string of the molecule is C=COC(OCCCC)C1CO1. The van der Waals surface area contributed by atoms with Crippen LogP contribution in [0.1, 0.15) is 19.8 Å². The van der Waals surface area contributed by atoms with Gasteiger partial charge in [0.1, 0.15) is 6.10 Å². The molecule has 0 amide bonds. The second-order valence-electron chi connectivity index (χ2n) is 2.77. The van der Waals surface area contributed by atoms with Crippen LogP contribution in [-0.4, -0.2) is 25.6 Å². The van der Waals surface area contributed by atoms with Crippen LogP contribution in [-0.2, 0) is 14.2 Å². The fourth-order valence-electron chi connectivity index (χ4n) is 0.886. The molecule has 1 fully saturated rings. The van der Waals surface area contributed by atoms with Crippen LogP contribution in [0.4, 0.5) is 0 Å². The lowest BCUT2D eigenvalue weighted by Gasteiger charge is -2.14. The van der Waals surface area contributed by atoms with Crippen molar-refractivity contribution < 1.29 is 14.2 Å². The molecule has 0 saturated carbocycles. The van der Waals surface area contributed by atoms with E-state index in [0.717, 1.165) is 26.1 Å². The van der Waals surface area contributed by atoms with E-state index < -0.39 is 0 Å². The van der Waals surface area contributed by atoms with E-state index in [-0.39, 0.29) is 12.4 Å². The molecule has 0 radical (unpaired) electrons. The minimum absolute atomic E-state index is 0.125. The van der Waals surface area contributed by atoms with Gasteiger partial charge in [-0.3, -0.25) is 0 Å². The van der Waals surface area contributed by atoms with Crippen LogP contribution in [0, 0.1) is 0 Å². The highest BCUT2D eigenvalue weighted by molar-refractivity contribution is 4.75. The summed E-state index contributed by atoms with van der Waals surface area (Å²) in [5.74, 6) is 0. The van der Waals surface area contributed by atoms with Gasteiger partial charge in [0.25, 0.3) is 0 Å². The van der Waals surface area contributed by atoms with Gasteiger partial charge in [-0.1, -0.05) is 19.9 Å². The van der Waals surface area contributed by atoms with Gasteiger partial charge in [-0.15, -0.1) is 0 Å². The highest BCUT2D eigenvalue weighted by Gasteiger charge is 2.34. The molecule has 0 aromatic heterocycles. The first-order valence-electron chi connectivity index (χ1n) is 4.38. The van der Waals surface area contributed by atoms with Gasteiger partial charge in [-0.05, 0) is 6.42 Å². The lowest BCUT2D eigenvalue weighted by molar-refractivity contribution is -0.119. The van der Waals surface area contributed by atoms with E-state index in [4.69, 9.17) is 14.2 Å². The van der Waals surface area contributed by atoms with Crippen molar-refractivity contribution in [3.05, 3.63) is 12.8 Å². The predicted octanol–water partition coefficient (Wildman–Crippen LogP) is 1.69. The van der Waals surface area contributed by atoms with Crippen molar-refractivity contribution in [1.29, 1.82) is 0 Å². The minimum Gasteiger partial charge on any atom is -0.470 e. The smallest absolute Gasteiger partial charge is 0.227 e. The first-order chi connectivity index (χ1) is 5.88. The Bertz CT molecular complexity index is 132. The topological polar surface area (TPSA) is 31.0 Å². The summed E-state index contributed by atoms with van der Waals surface area (Å²) in [4.78, 5) is 0. The Labute approximate surface area is 73.3 Å². The van der Waals surface area contributed by atoms with Crippen molar-refractivity contribution in [2.75, 3.05) is 13.2 Å². The molecule has 0 aromatic rings. The van der Waals surface area contributed by atoms with Crippen LogP contribution in [0.3, 0.4) is 0 Å². The van der Waals surface area contributed by atoms with Crippen LogP contribution in [0.5, 0.6) is 0 Å². The molecule has 0 spiro atoms. The third kappa shape index (κ3) is 3.24. The maximum atomic E-state index is 5.43. The molecule has 1 saturated heterocycles. The van der Waals surface area contributed by atoms with Gasteiger partial charge in [-0.2, -0.15) is 0 Å². The molecule has 12 heavy (non-hydrogen) atoms. The van der Waals surface area contributed by atoms with Crippen molar-refractivity contribution in [2.45, 2.75) is 32.2 Å². The Hall–Kier alpha value is -0.540. The van der Waals surface area contributed by atoms with E-state index >= 15 is 0 Å². The van der Waals surface area contributed by atoms with Crippen LogP contribution >= 0.6 is 0 Å². The molecule has 70 valence electrons. The van der Waals surface area contributed by atoms with Crippen molar-refractivity contribution in [2.24, 2.45) is 0 Å². The number of ether oxygens (including phenoxy) is 3. The Balaban J connectivity index is 2.09. The van der Waals surface area contributed by atoms with E-state index in [0.29, 0.717) is 0 Å². The quantitative estimate of drug-likeness (QED) is 0.253. The molecule has 1 aliphatic rings. The average Bonchev–Trinajstić information content (AvgIpc) is 2.86. The van der Waals surface area contributed by atoms with E-state index in [1.807, 2.05) is 0 Å². The molecule has 1 rings (SSSR count). The maximum Gasteiger partial charge on any atom is 0.227 e.